The molecule has 1 aromatic carbocycles. The van der Waals surface area contributed by atoms with Crippen LogP contribution in [-0.2, 0) is 6.54 Å². The zero-order valence-corrected chi connectivity index (χ0v) is 12.1. The van der Waals surface area contributed by atoms with Crippen molar-refractivity contribution in [3.8, 4) is 0 Å². The monoisotopic (exact) mass is 282 g/mol. The third kappa shape index (κ3) is 3.14. The van der Waals surface area contributed by atoms with Crippen molar-refractivity contribution < 1.29 is 0 Å². The van der Waals surface area contributed by atoms with Gasteiger partial charge in [0.2, 0.25) is 0 Å². The van der Waals surface area contributed by atoms with E-state index in [1.165, 1.54) is 35.6 Å². The predicted octanol–water partition coefficient (Wildman–Crippen LogP) is 3.15. The topological polar surface area (TPSA) is 15.3 Å². The normalized spacial score (nSPS) is 20.2. The number of nitrogens with one attached hydrogen (secondary N) is 1. The molecule has 2 aliphatic rings. The van der Waals surface area contributed by atoms with Crippen LogP contribution in [0.4, 0.5) is 5.69 Å². The Balaban J connectivity index is 1.76. The minimum absolute atomic E-state index is 0.744. The van der Waals surface area contributed by atoms with Crippen LogP contribution in [0.5, 0.6) is 0 Å². The standard InChI is InChI=1S/C14H19ClN2S/c15-12-1-4-14(17-5-7-18-8-6-17)11(9-12)10-16-13-2-3-13/h1,4,9,13,16H,2-3,5-8,10H2. The van der Waals surface area contributed by atoms with E-state index in [9.17, 15) is 0 Å². The van der Waals surface area contributed by atoms with E-state index in [0.717, 1.165) is 30.7 Å². The van der Waals surface area contributed by atoms with Crippen molar-refractivity contribution in [1.82, 2.24) is 5.32 Å². The minimum atomic E-state index is 0.744. The molecule has 1 heterocycles. The third-order valence-electron chi connectivity index (χ3n) is 3.55. The molecule has 1 aliphatic heterocycles. The highest BCUT2D eigenvalue weighted by Gasteiger charge is 2.21. The van der Waals surface area contributed by atoms with Crippen LogP contribution in [0.25, 0.3) is 0 Å². The maximum Gasteiger partial charge on any atom is 0.0413 e. The summed E-state index contributed by atoms with van der Waals surface area (Å²) in [6, 6.07) is 7.06. The fourth-order valence-corrected chi connectivity index (χ4v) is 3.45. The van der Waals surface area contributed by atoms with Crippen LogP contribution < -0.4 is 10.2 Å². The Morgan fingerprint density at radius 3 is 2.78 bits per heavy atom. The molecule has 3 rings (SSSR count). The van der Waals surface area contributed by atoms with E-state index < -0.39 is 0 Å². The molecule has 1 saturated carbocycles. The lowest BCUT2D eigenvalue weighted by Crippen LogP contribution is -2.33. The second-order valence-electron chi connectivity index (χ2n) is 5.03. The van der Waals surface area contributed by atoms with Gasteiger partial charge in [0.1, 0.15) is 0 Å². The lowest BCUT2D eigenvalue weighted by atomic mass is 10.1. The first-order chi connectivity index (χ1) is 8.83. The van der Waals surface area contributed by atoms with Crippen molar-refractivity contribution in [3.63, 3.8) is 0 Å². The first kappa shape index (κ1) is 12.6. The second kappa shape index (κ2) is 5.72. The van der Waals surface area contributed by atoms with Gasteiger partial charge in [0.25, 0.3) is 0 Å². The molecule has 0 spiro atoms. The van der Waals surface area contributed by atoms with Gasteiger partial charge in [-0.1, -0.05) is 11.6 Å². The Labute approximate surface area is 118 Å². The molecule has 1 N–H and O–H groups in total. The lowest BCUT2D eigenvalue weighted by Gasteiger charge is -2.30. The van der Waals surface area contributed by atoms with Crippen molar-refractivity contribution >= 4 is 29.1 Å². The molecule has 18 heavy (non-hydrogen) atoms. The second-order valence-corrected chi connectivity index (χ2v) is 6.69. The zero-order valence-electron chi connectivity index (χ0n) is 10.5. The molecule has 0 aromatic heterocycles. The molecule has 2 nitrogen and oxygen atoms in total. The van der Waals surface area contributed by atoms with Crippen molar-refractivity contribution in [3.05, 3.63) is 28.8 Å². The highest BCUT2D eigenvalue weighted by Crippen LogP contribution is 2.28. The van der Waals surface area contributed by atoms with E-state index >= 15 is 0 Å². The van der Waals surface area contributed by atoms with Gasteiger partial charge in [0.05, 0.1) is 0 Å². The van der Waals surface area contributed by atoms with E-state index in [1.807, 2.05) is 17.8 Å². The molecule has 1 saturated heterocycles. The summed E-state index contributed by atoms with van der Waals surface area (Å²) in [5.41, 5.74) is 2.72. The molecule has 98 valence electrons. The fourth-order valence-electron chi connectivity index (χ4n) is 2.35. The van der Waals surface area contributed by atoms with Crippen molar-refractivity contribution in [2.45, 2.75) is 25.4 Å². The Kier molecular flexibility index (Phi) is 4.02. The zero-order chi connectivity index (χ0) is 12.4. The average molecular weight is 283 g/mol. The first-order valence-corrected chi connectivity index (χ1v) is 8.21. The molecule has 0 bridgehead atoms. The smallest absolute Gasteiger partial charge is 0.0413 e. The van der Waals surface area contributed by atoms with Crippen molar-refractivity contribution in [2.75, 3.05) is 29.5 Å². The van der Waals surface area contributed by atoms with Crippen LogP contribution >= 0.6 is 23.4 Å². The molecule has 1 aliphatic carbocycles. The number of hydrogen-bond donors (Lipinski definition) is 1. The van der Waals surface area contributed by atoms with Gasteiger partial charge in [-0.15, -0.1) is 0 Å². The number of anilines is 1. The van der Waals surface area contributed by atoms with Crippen LogP contribution in [0.2, 0.25) is 5.02 Å². The van der Waals surface area contributed by atoms with Gasteiger partial charge in [0.15, 0.2) is 0 Å². The Bertz CT molecular complexity index is 414. The molecule has 0 amide bonds. The van der Waals surface area contributed by atoms with Crippen LogP contribution in [0.3, 0.4) is 0 Å². The highest BCUT2D eigenvalue weighted by molar-refractivity contribution is 7.99. The highest BCUT2D eigenvalue weighted by atomic mass is 35.5. The van der Waals surface area contributed by atoms with Gasteiger partial charge in [-0.25, -0.2) is 0 Å². The van der Waals surface area contributed by atoms with Gasteiger partial charge < -0.3 is 10.2 Å². The van der Waals surface area contributed by atoms with Crippen LogP contribution in [0.1, 0.15) is 18.4 Å². The maximum absolute atomic E-state index is 6.14. The molecular weight excluding hydrogens is 264 g/mol. The molecule has 0 atom stereocenters. The molecule has 2 fully saturated rings. The SMILES string of the molecule is Clc1ccc(N2CCSCC2)c(CNC2CC2)c1. The average Bonchev–Trinajstić information content (AvgIpc) is 3.21. The molecule has 0 unspecified atom stereocenters. The van der Waals surface area contributed by atoms with Crippen LogP contribution in [-0.4, -0.2) is 30.6 Å². The van der Waals surface area contributed by atoms with Gasteiger partial charge in [-0.2, -0.15) is 11.8 Å². The first-order valence-electron chi connectivity index (χ1n) is 6.67. The summed E-state index contributed by atoms with van der Waals surface area (Å²) in [7, 11) is 0. The number of thioether (sulfide) groups is 1. The van der Waals surface area contributed by atoms with Gasteiger partial charge in [-0.3, -0.25) is 0 Å². The molecule has 0 radical (unpaired) electrons. The van der Waals surface area contributed by atoms with Gasteiger partial charge in [-0.05, 0) is 36.6 Å². The summed E-state index contributed by atoms with van der Waals surface area (Å²) < 4.78 is 0. The number of nitrogens with zero attached hydrogens (tertiary/aromatic N) is 1. The maximum atomic E-state index is 6.14. The quantitative estimate of drug-likeness (QED) is 0.913. The largest absolute Gasteiger partial charge is 0.370 e. The third-order valence-corrected chi connectivity index (χ3v) is 4.73. The Morgan fingerprint density at radius 1 is 1.28 bits per heavy atom. The summed E-state index contributed by atoms with van der Waals surface area (Å²) in [4.78, 5) is 2.50. The number of halogens is 1. The van der Waals surface area contributed by atoms with Gasteiger partial charge >= 0.3 is 0 Å². The summed E-state index contributed by atoms with van der Waals surface area (Å²) in [5, 5.41) is 4.43. The van der Waals surface area contributed by atoms with Gasteiger partial charge in [0, 0.05) is 47.9 Å². The van der Waals surface area contributed by atoms with E-state index in [0.29, 0.717) is 0 Å². The van der Waals surface area contributed by atoms with Crippen molar-refractivity contribution in [2.24, 2.45) is 0 Å². The predicted molar refractivity (Wildman–Crippen MR) is 80.9 cm³/mol. The lowest BCUT2D eigenvalue weighted by molar-refractivity contribution is 0.684. The fraction of sp³-hybridized carbons (Fsp3) is 0.571. The molecule has 4 heteroatoms. The van der Waals surface area contributed by atoms with E-state index in [-0.39, 0.29) is 0 Å². The molecular formula is C14H19ClN2S. The Hall–Kier alpha value is -0.380. The van der Waals surface area contributed by atoms with Crippen molar-refractivity contribution in [1.29, 1.82) is 0 Å². The summed E-state index contributed by atoms with van der Waals surface area (Å²) in [6.07, 6.45) is 2.66. The number of benzene rings is 1. The van der Waals surface area contributed by atoms with Crippen LogP contribution in [0, 0.1) is 0 Å². The summed E-state index contributed by atoms with van der Waals surface area (Å²) >= 11 is 8.18. The van der Waals surface area contributed by atoms with E-state index in [4.69, 9.17) is 11.6 Å². The van der Waals surface area contributed by atoms with Crippen LogP contribution in [0.15, 0.2) is 18.2 Å². The van der Waals surface area contributed by atoms with E-state index in [1.54, 1.807) is 0 Å². The van der Waals surface area contributed by atoms with E-state index in [2.05, 4.69) is 22.3 Å². The Morgan fingerprint density at radius 2 is 2.06 bits per heavy atom. The summed E-state index contributed by atoms with van der Waals surface area (Å²) in [5.74, 6) is 2.47. The minimum Gasteiger partial charge on any atom is -0.370 e. The molecule has 1 aromatic rings. The number of hydrogen-bond acceptors (Lipinski definition) is 3. The number of rotatable bonds is 4. The summed E-state index contributed by atoms with van der Waals surface area (Å²) in [6.45, 7) is 3.26.